The van der Waals surface area contributed by atoms with Crippen LogP contribution in [0, 0.1) is 5.41 Å². The summed E-state index contributed by atoms with van der Waals surface area (Å²) in [6.45, 7) is 4.96. The van der Waals surface area contributed by atoms with Crippen molar-refractivity contribution in [2.75, 3.05) is 27.3 Å². The van der Waals surface area contributed by atoms with Gasteiger partial charge in [0.05, 0.1) is 14.2 Å². The van der Waals surface area contributed by atoms with Crippen molar-refractivity contribution in [1.82, 2.24) is 15.1 Å². The van der Waals surface area contributed by atoms with Crippen LogP contribution in [-0.2, 0) is 42.2 Å². The molecule has 11 nitrogen and oxygen atoms in total. The van der Waals surface area contributed by atoms with Gasteiger partial charge in [-0.15, -0.1) is 0 Å². The van der Waals surface area contributed by atoms with E-state index in [9.17, 15) is 19.2 Å². The molecule has 0 spiro atoms. The molecule has 1 aliphatic rings. The van der Waals surface area contributed by atoms with Gasteiger partial charge in [-0.05, 0) is 41.0 Å². The summed E-state index contributed by atoms with van der Waals surface area (Å²) in [6, 6.07) is 21.2. The van der Waals surface area contributed by atoms with Gasteiger partial charge in [0.1, 0.15) is 37.7 Å². The van der Waals surface area contributed by atoms with Crippen molar-refractivity contribution in [2.45, 2.75) is 51.3 Å². The van der Waals surface area contributed by atoms with Crippen LogP contribution in [0.5, 0.6) is 17.2 Å². The van der Waals surface area contributed by atoms with E-state index in [1.165, 1.54) is 16.9 Å². The number of ether oxygens (including phenoxy) is 4. The number of hydrogen-bond donors (Lipinski definition) is 1. The van der Waals surface area contributed by atoms with Crippen LogP contribution in [0.2, 0.25) is 0 Å². The highest BCUT2D eigenvalue weighted by Gasteiger charge is 2.53. The van der Waals surface area contributed by atoms with Crippen molar-refractivity contribution in [3.63, 3.8) is 0 Å². The molecule has 1 aliphatic heterocycles. The number of nitrogens with zero attached hydrogens (tertiary/aromatic N) is 2. The van der Waals surface area contributed by atoms with E-state index in [1.807, 2.05) is 81.4 Å². The van der Waals surface area contributed by atoms with Crippen LogP contribution in [0.3, 0.4) is 0 Å². The minimum absolute atomic E-state index is 0.0132. The lowest BCUT2D eigenvalue weighted by atomic mass is 9.91. The van der Waals surface area contributed by atoms with Crippen LogP contribution in [0.15, 0.2) is 72.8 Å². The number of esters is 1. The third-order valence-corrected chi connectivity index (χ3v) is 8.23. The molecule has 1 fully saturated rings. The first-order valence-electron chi connectivity index (χ1n) is 15.1. The SMILES string of the molecule is COC(=O)CNC(=O)CN1C(=O)[C@H](Cc2ccc(Oc3cc(CBr)ccc3OC)cc2)N(C(=O)OCc2ccccc2)[C@H]1C(C)(C)C. The lowest BCUT2D eigenvalue weighted by Gasteiger charge is -2.39. The maximum absolute atomic E-state index is 14.1. The molecule has 2 atom stereocenters. The molecule has 1 N–H and O–H groups in total. The van der Waals surface area contributed by atoms with Gasteiger partial charge in [0, 0.05) is 17.2 Å². The van der Waals surface area contributed by atoms with Gasteiger partial charge in [-0.3, -0.25) is 19.3 Å². The molecule has 0 saturated carbocycles. The van der Waals surface area contributed by atoms with Gasteiger partial charge < -0.3 is 29.2 Å². The van der Waals surface area contributed by atoms with Gasteiger partial charge in [0.25, 0.3) is 0 Å². The Morgan fingerprint density at radius 2 is 1.57 bits per heavy atom. The normalized spacial score (nSPS) is 16.1. The second-order valence-electron chi connectivity index (χ2n) is 12.1. The zero-order chi connectivity index (χ0) is 34.1. The maximum Gasteiger partial charge on any atom is 0.412 e. The summed E-state index contributed by atoms with van der Waals surface area (Å²) in [5, 5.41) is 3.14. The maximum atomic E-state index is 14.1. The van der Waals surface area contributed by atoms with E-state index in [0.29, 0.717) is 22.6 Å². The average molecular weight is 711 g/mol. The smallest absolute Gasteiger partial charge is 0.412 e. The monoisotopic (exact) mass is 709 g/mol. The van der Waals surface area contributed by atoms with Gasteiger partial charge in [-0.25, -0.2) is 4.79 Å². The number of halogens is 1. The van der Waals surface area contributed by atoms with Crippen molar-refractivity contribution in [3.8, 4) is 17.2 Å². The number of hydrogen-bond acceptors (Lipinski definition) is 8. The summed E-state index contributed by atoms with van der Waals surface area (Å²) in [7, 11) is 2.79. The standard InChI is InChI=1S/C35H40BrN3O8/c1-35(2,3)33-38(21-30(40)37-20-31(41)45-5)32(42)27(39(33)34(43)46-22-24-9-7-6-8-10-24)17-23-11-14-26(15-12-23)47-29-18-25(19-36)13-16-28(29)44-4/h6-16,18,27,33H,17,19-22H2,1-5H3,(H,37,40)/t27-,33-/m0/s1. The molecule has 47 heavy (non-hydrogen) atoms. The fraction of sp³-hybridized carbons (Fsp3) is 0.371. The zero-order valence-corrected chi connectivity index (χ0v) is 28.7. The van der Waals surface area contributed by atoms with E-state index in [4.69, 9.17) is 14.2 Å². The first-order chi connectivity index (χ1) is 22.4. The zero-order valence-electron chi connectivity index (χ0n) is 27.2. The second kappa shape index (κ2) is 15.8. The molecule has 3 aromatic rings. The highest BCUT2D eigenvalue weighted by atomic mass is 79.9. The molecule has 0 aromatic heterocycles. The third kappa shape index (κ3) is 9.03. The summed E-state index contributed by atoms with van der Waals surface area (Å²) in [6.07, 6.45) is -1.33. The molecule has 1 heterocycles. The van der Waals surface area contributed by atoms with E-state index in [-0.39, 0.29) is 26.1 Å². The van der Waals surface area contributed by atoms with Gasteiger partial charge >= 0.3 is 12.1 Å². The Morgan fingerprint density at radius 1 is 0.894 bits per heavy atom. The molecule has 0 bridgehead atoms. The van der Waals surface area contributed by atoms with Gasteiger partial charge in [0.15, 0.2) is 11.5 Å². The summed E-state index contributed by atoms with van der Waals surface area (Å²) in [5.74, 6) is 0.119. The number of methoxy groups -OCH3 is 2. The van der Waals surface area contributed by atoms with Crippen LogP contribution in [0.4, 0.5) is 4.79 Å². The highest BCUT2D eigenvalue weighted by molar-refractivity contribution is 9.08. The molecule has 0 radical (unpaired) electrons. The molecule has 3 amide bonds. The molecule has 250 valence electrons. The molecule has 4 rings (SSSR count). The van der Waals surface area contributed by atoms with Gasteiger partial charge in [0.2, 0.25) is 11.8 Å². The van der Waals surface area contributed by atoms with Crippen LogP contribution >= 0.6 is 15.9 Å². The average Bonchev–Trinajstić information content (AvgIpc) is 3.34. The summed E-state index contributed by atoms with van der Waals surface area (Å²) in [5.41, 5.74) is 1.91. The van der Waals surface area contributed by atoms with E-state index in [0.717, 1.165) is 16.7 Å². The number of carbonyl (C=O) groups excluding carboxylic acids is 4. The first-order valence-corrected chi connectivity index (χ1v) is 16.2. The third-order valence-electron chi connectivity index (χ3n) is 7.59. The van der Waals surface area contributed by atoms with Crippen molar-refractivity contribution in [2.24, 2.45) is 5.41 Å². The van der Waals surface area contributed by atoms with E-state index in [2.05, 4.69) is 26.0 Å². The number of amides is 3. The summed E-state index contributed by atoms with van der Waals surface area (Å²) in [4.78, 5) is 55.2. The number of rotatable bonds is 12. The predicted octanol–water partition coefficient (Wildman–Crippen LogP) is 5.44. The Morgan fingerprint density at radius 3 is 2.19 bits per heavy atom. The quantitative estimate of drug-likeness (QED) is 0.195. The van der Waals surface area contributed by atoms with E-state index < -0.39 is 41.5 Å². The molecule has 3 aromatic carbocycles. The lowest BCUT2D eigenvalue weighted by molar-refractivity contribution is -0.142. The van der Waals surface area contributed by atoms with Crippen LogP contribution in [0.1, 0.15) is 37.5 Å². The van der Waals surface area contributed by atoms with Crippen LogP contribution in [0.25, 0.3) is 0 Å². The predicted molar refractivity (Wildman–Crippen MR) is 178 cm³/mol. The minimum atomic E-state index is -0.960. The summed E-state index contributed by atoms with van der Waals surface area (Å²) < 4.78 is 21.9. The molecular weight excluding hydrogens is 670 g/mol. The largest absolute Gasteiger partial charge is 0.493 e. The van der Waals surface area contributed by atoms with E-state index in [1.54, 1.807) is 19.2 Å². The first kappa shape index (κ1) is 35.3. The second-order valence-corrected chi connectivity index (χ2v) is 12.7. The van der Waals surface area contributed by atoms with Crippen molar-refractivity contribution >= 4 is 39.8 Å². The number of alkyl halides is 1. The van der Waals surface area contributed by atoms with Crippen molar-refractivity contribution in [1.29, 1.82) is 0 Å². The fourth-order valence-corrected chi connectivity index (χ4v) is 5.74. The highest BCUT2D eigenvalue weighted by Crippen LogP contribution is 2.37. The van der Waals surface area contributed by atoms with E-state index >= 15 is 0 Å². The number of carbonyl (C=O) groups is 4. The molecule has 0 unspecified atom stereocenters. The lowest BCUT2D eigenvalue weighted by Crippen LogP contribution is -2.53. The fourth-order valence-electron chi connectivity index (χ4n) is 5.39. The van der Waals surface area contributed by atoms with Gasteiger partial charge in [-0.1, -0.05) is 85.2 Å². The molecular formula is C35H40BrN3O8. The molecule has 1 saturated heterocycles. The van der Waals surface area contributed by atoms with Gasteiger partial charge in [-0.2, -0.15) is 0 Å². The summed E-state index contributed by atoms with van der Waals surface area (Å²) >= 11 is 3.46. The Labute approximate surface area is 283 Å². The number of benzene rings is 3. The minimum Gasteiger partial charge on any atom is -0.493 e. The Balaban J connectivity index is 1.60. The Hall–Kier alpha value is -4.58. The molecule has 0 aliphatic carbocycles. The molecule has 12 heteroatoms. The van der Waals surface area contributed by atoms with Crippen LogP contribution in [-0.4, -0.2) is 73.2 Å². The number of nitrogens with one attached hydrogen (secondary N) is 1. The van der Waals surface area contributed by atoms with Crippen LogP contribution < -0.4 is 14.8 Å². The Bertz CT molecular complexity index is 1560. The van der Waals surface area contributed by atoms with Crippen molar-refractivity contribution in [3.05, 3.63) is 89.5 Å². The van der Waals surface area contributed by atoms with Crippen molar-refractivity contribution < 1.29 is 38.1 Å². The Kier molecular flexibility index (Phi) is 11.9. The topological polar surface area (TPSA) is 124 Å².